The van der Waals surface area contributed by atoms with Gasteiger partial charge in [0.25, 0.3) is 5.56 Å². The van der Waals surface area contributed by atoms with Gasteiger partial charge in [0.1, 0.15) is 0 Å². The standard InChI is InChI=1S/C19H13Cl2N3O/c1-11-18(13-4-8-15(21)9-5-13)19-22-16(10-17(25)24(19)23-11)12-2-6-14(20)7-3-12/h2-10,23H,1H3. The van der Waals surface area contributed by atoms with E-state index in [0.717, 1.165) is 22.4 Å². The smallest absolute Gasteiger partial charge is 0.273 e. The number of hydrogen-bond acceptors (Lipinski definition) is 2. The van der Waals surface area contributed by atoms with Crippen LogP contribution >= 0.6 is 23.2 Å². The lowest BCUT2D eigenvalue weighted by Gasteiger charge is -2.04. The van der Waals surface area contributed by atoms with Gasteiger partial charge in [-0.15, -0.1) is 0 Å². The molecule has 0 aliphatic carbocycles. The summed E-state index contributed by atoms with van der Waals surface area (Å²) in [4.78, 5) is 17.2. The minimum atomic E-state index is -0.168. The van der Waals surface area contributed by atoms with E-state index in [-0.39, 0.29) is 5.56 Å². The number of aryl methyl sites for hydroxylation is 1. The van der Waals surface area contributed by atoms with Crippen LogP contribution < -0.4 is 5.56 Å². The molecule has 0 atom stereocenters. The van der Waals surface area contributed by atoms with Gasteiger partial charge in [0.05, 0.1) is 5.69 Å². The first kappa shape index (κ1) is 15.9. The summed E-state index contributed by atoms with van der Waals surface area (Å²) in [5.41, 5.74) is 4.54. The molecular weight excluding hydrogens is 357 g/mol. The zero-order chi connectivity index (χ0) is 17.6. The molecule has 0 unspecified atom stereocenters. The minimum absolute atomic E-state index is 0.168. The van der Waals surface area contributed by atoms with Crippen molar-refractivity contribution in [2.75, 3.05) is 0 Å². The van der Waals surface area contributed by atoms with Crippen molar-refractivity contribution < 1.29 is 0 Å². The van der Waals surface area contributed by atoms with E-state index in [1.807, 2.05) is 43.3 Å². The van der Waals surface area contributed by atoms with Crippen molar-refractivity contribution in [2.45, 2.75) is 6.92 Å². The molecule has 0 radical (unpaired) electrons. The fraction of sp³-hybridized carbons (Fsp3) is 0.0526. The molecule has 0 saturated heterocycles. The number of aromatic nitrogens is 3. The first-order valence-corrected chi connectivity index (χ1v) is 8.43. The van der Waals surface area contributed by atoms with E-state index in [1.165, 1.54) is 10.6 Å². The molecule has 2 heterocycles. The van der Waals surface area contributed by atoms with Crippen molar-refractivity contribution in [1.29, 1.82) is 0 Å². The normalized spacial score (nSPS) is 11.2. The molecule has 124 valence electrons. The highest BCUT2D eigenvalue weighted by Crippen LogP contribution is 2.29. The molecule has 0 spiro atoms. The van der Waals surface area contributed by atoms with Gasteiger partial charge < -0.3 is 0 Å². The quantitative estimate of drug-likeness (QED) is 0.542. The Kier molecular flexibility index (Phi) is 3.86. The van der Waals surface area contributed by atoms with E-state index in [0.29, 0.717) is 21.4 Å². The van der Waals surface area contributed by atoms with Crippen molar-refractivity contribution in [2.24, 2.45) is 0 Å². The number of nitrogens with one attached hydrogen (secondary N) is 1. The molecule has 6 heteroatoms. The maximum absolute atomic E-state index is 12.5. The van der Waals surface area contributed by atoms with Gasteiger partial charge in [-0.1, -0.05) is 47.5 Å². The number of hydrogen-bond donors (Lipinski definition) is 1. The number of aromatic amines is 1. The first-order chi connectivity index (χ1) is 12.0. The molecule has 2 aromatic carbocycles. The van der Waals surface area contributed by atoms with E-state index in [4.69, 9.17) is 28.2 Å². The molecule has 0 aliphatic heterocycles. The van der Waals surface area contributed by atoms with E-state index in [1.54, 1.807) is 12.1 Å². The third-order valence-corrected chi connectivity index (χ3v) is 4.57. The monoisotopic (exact) mass is 369 g/mol. The van der Waals surface area contributed by atoms with Crippen molar-refractivity contribution in [1.82, 2.24) is 14.6 Å². The number of halogens is 2. The number of benzene rings is 2. The molecule has 25 heavy (non-hydrogen) atoms. The predicted octanol–water partition coefficient (Wildman–Crippen LogP) is 4.97. The third kappa shape index (κ3) is 2.84. The summed E-state index contributed by atoms with van der Waals surface area (Å²) >= 11 is 11.9. The van der Waals surface area contributed by atoms with Crippen LogP contribution in [0.25, 0.3) is 28.0 Å². The number of rotatable bonds is 2. The van der Waals surface area contributed by atoms with Crippen LogP contribution in [0.1, 0.15) is 5.69 Å². The summed E-state index contributed by atoms with van der Waals surface area (Å²) in [5.74, 6) is 0. The van der Waals surface area contributed by atoms with Crippen molar-refractivity contribution in [3.05, 3.63) is 80.7 Å². The van der Waals surface area contributed by atoms with Crippen LogP contribution in [0.2, 0.25) is 10.0 Å². The Morgan fingerprint density at radius 3 is 2.08 bits per heavy atom. The Labute approximate surface area is 153 Å². The van der Waals surface area contributed by atoms with Gasteiger partial charge in [-0.2, -0.15) is 0 Å². The fourth-order valence-electron chi connectivity index (χ4n) is 2.88. The Morgan fingerprint density at radius 2 is 1.48 bits per heavy atom. The van der Waals surface area contributed by atoms with Gasteiger partial charge in [-0.3, -0.25) is 9.89 Å². The summed E-state index contributed by atoms with van der Waals surface area (Å²) in [5, 5.41) is 4.38. The SMILES string of the molecule is Cc1[nH]n2c(=O)cc(-c3ccc(Cl)cc3)nc2c1-c1ccc(Cl)cc1. The van der Waals surface area contributed by atoms with Crippen LogP contribution in [-0.4, -0.2) is 14.6 Å². The average molecular weight is 370 g/mol. The van der Waals surface area contributed by atoms with Crippen LogP contribution in [0.4, 0.5) is 0 Å². The Balaban J connectivity index is 1.98. The van der Waals surface area contributed by atoms with Crippen molar-refractivity contribution in [3.8, 4) is 22.4 Å². The van der Waals surface area contributed by atoms with Gasteiger partial charge in [-0.05, 0) is 36.8 Å². The largest absolute Gasteiger partial charge is 0.293 e. The second-order valence-electron chi connectivity index (χ2n) is 5.76. The molecule has 2 aromatic heterocycles. The average Bonchev–Trinajstić information content (AvgIpc) is 2.93. The van der Waals surface area contributed by atoms with Crippen LogP contribution in [0, 0.1) is 6.92 Å². The molecule has 0 saturated carbocycles. The topological polar surface area (TPSA) is 50.2 Å². The Bertz CT molecular complexity index is 1130. The second-order valence-corrected chi connectivity index (χ2v) is 6.64. The summed E-state index contributed by atoms with van der Waals surface area (Å²) in [6, 6.07) is 16.2. The second kappa shape index (κ2) is 6.06. The van der Waals surface area contributed by atoms with E-state index < -0.39 is 0 Å². The van der Waals surface area contributed by atoms with Crippen molar-refractivity contribution >= 4 is 28.8 Å². The van der Waals surface area contributed by atoms with Gasteiger partial charge >= 0.3 is 0 Å². The van der Waals surface area contributed by atoms with Gasteiger partial charge in [0.2, 0.25) is 0 Å². The number of fused-ring (bicyclic) bond motifs is 1. The van der Waals surface area contributed by atoms with Crippen LogP contribution in [-0.2, 0) is 0 Å². The summed E-state index contributed by atoms with van der Waals surface area (Å²) in [6.07, 6.45) is 0. The predicted molar refractivity (Wildman–Crippen MR) is 101 cm³/mol. The molecule has 0 amide bonds. The van der Waals surface area contributed by atoms with E-state index >= 15 is 0 Å². The van der Waals surface area contributed by atoms with Crippen molar-refractivity contribution in [3.63, 3.8) is 0 Å². The molecule has 0 aliphatic rings. The van der Waals surface area contributed by atoms with Crippen LogP contribution in [0.15, 0.2) is 59.4 Å². The Morgan fingerprint density at radius 1 is 0.920 bits per heavy atom. The van der Waals surface area contributed by atoms with E-state index in [2.05, 4.69) is 5.10 Å². The molecule has 4 rings (SSSR count). The lowest BCUT2D eigenvalue weighted by atomic mass is 10.1. The summed E-state index contributed by atoms with van der Waals surface area (Å²) in [7, 11) is 0. The third-order valence-electron chi connectivity index (χ3n) is 4.07. The fourth-order valence-corrected chi connectivity index (χ4v) is 3.13. The highest BCUT2D eigenvalue weighted by atomic mass is 35.5. The van der Waals surface area contributed by atoms with Crippen LogP contribution in [0.3, 0.4) is 0 Å². The highest BCUT2D eigenvalue weighted by molar-refractivity contribution is 6.30. The highest BCUT2D eigenvalue weighted by Gasteiger charge is 2.15. The molecular formula is C19H13Cl2N3O. The maximum atomic E-state index is 12.5. The lowest BCUT2D eigenvalue weighted by Crippen LogP contribution is -2.14. The van der Waals surface area contributed by atoms with Gasteiger partial charge in [0, 0.05) is 32.9 Å². The van der Waals surface area contributed by atoms with Gasteiger partial charge in [-0.25, -0.2) is 9.50 Å². The Hall–Kier alpha value is -2.56. The molecule has 4 aromatic rings. The summed E-state index contributed by atoms with van der Waals surface area (Å²) in [6.45, 7) is 1.92. The molecule has 1 N–H and O–H groups in total. The summed E-state index contributed by atoms with van der Waals surface area (Å²) < 4.78 is 1.46. The lowest BCUT2D eigenvalue weighted by molar-refractivity contribution is 0.882. The molecule has 0 fully saturated rings. The minimum Gasteiger partial charge on any atom is -0.293 e. The first-order valence-electron chi connectivity index (χ1n) is 7.67. The number of H-pyrrole nitrogens is 1. The maximum Gasteiger partial charge on any atom is 0.273 e. The van der Waals surface area contributed by atoms with E-state index in [9.17, 15) is 4.79 Å². The van der Waals surface area contributed by atoms with Gasteiger partial charge in [0.15, 0.2) is 5.65 Å². The zero-order valence-corrected chi connectivity index (χ0v) is 14.8. The molecule has 0 bridgehead atoms. The number of nitrogens with zero attached hydrogens (tertiary/aromatic N) is 2. The zero-order valence-electron chi connectivity index (χ0n) is 13.3. The molecule has 4 nitrogen and oxygen atoms in total. The van der Waals surface area contributed by atoms with Crippen LogP contribution in [0.5, 0.6) is 0 Å².